The minimum atomic E-state index is -0.735. The first-order valence-corrected chi connectivity index (χ1v) is 4.87. The SMILES string of the molecule is CCC(C#N)Oc1ccc(C#N)cc1[N+](=O)[O-]. The fraction of sp³-hybridized carbons (Fsp3) is 0.273. The van der Waals surface area contributed by atoms with Gasteiger partial charge in [0.15, 0.2) is 11.9 Å². The van der Waals surface area contributed by atoms with Crippen molar-refractivity contribution in [2.24, 2.45) is 0 Å². The average Bonchev–Trinajstić information content (AvgIpc) is 2.35. The Hall–Kier alpha value is -2.60. The van der Waals surface area contributed by atoms with Gasteiger partial charge in [-0.25, -0.2) is 0 Å². The van der Waals surface area contributed by atoms with Gasteiger partial charge in [-0.15, -0.1) is 0 Å². The number of nitriles is 2. The van der Waals surface area contributed by atoms with Gasteiger partial charge in [0.05, 0.1) is 16.6 Å². The molecule has 0 bridgehead atoms. The second-order valence-corrected chi connectivity index (χ2v) is 3.20. The molecule has 0 fully saturated rings. The van der Waals surface area contributed by atoms with Gasteiger partial charge >= 0.3 is 5.69 Å². The molecule has 0 radical (unpaired) electrons. The molecule has 0 spiro atoms. The normalized spacial score (nSPS) is 11.0. The van der Waals surface area contributed by atoms with Crippen molar-refractivity contribution < 1.29 is 9.66 Å². The quantitative estimate of drug-likeness (QED) is 0.583. The van der Waals surface area contributed by atoms with Crippen LogP contribution in [0.15, 0.2) is 18.2 Å². The van der Waals surface area contributed by atoms with Crippen molar-refractivity contribution in [3.63, 3.8) is 0 Å². The molecule has 0 aliphatic carbocycles. The molecule has 86 valence electrons. The summed E-state index contributed by atoms with van der Waals surface area (Å²) in [5.41, 5.74) is -0.133. The molecular weight excluding hydrogens is 222 g/mol. The number of hydrogen-bond acceptors (Lipinski definition) is 5. The number of nitro benzene ring substituents is 1. The number of nitrogens with zero attached hydrogens (tertiary/aromatic N) is 3. The predicted octanol–water partition coefficient (Wildman–Crippen LogP) is 2.15. The molecule has 1 atom stereocenters. The van der Waals surface area contributed by atoms with Gasteiger partial charge in [0, 0.05) is 6.07 Å². The Balaban J connectivity index is 3.12. The molecule has 0 amide bonds. The zero-order chi connectivity index (χ0) is 12.8. The molecule has 0 saturated carbocycles. The van der Waals surface area contributed by atoms with Gasteiger partial charge in [0.2, 0.25) is 0 Å². The van der Waals surface area contributed by atoms with Crippen LogP contribution in [0.2, 0.25) is 0 Å². The smallest absolute Gasteiger partial charge is 0.312 e. The highest BCUT2D eigenvalue weighted by Gasteiger charge is 2.18. The summed E-state index contributed by atoms with van der Waals surface area (Å²) in [6, 6.07) is 7.55. The van der Waals surface area contributed by atoms with E-state index in [1.165, 1.54) is 12.1 Å². The van der Waals surface area contributed by atoms with E-state index in [9.17, 15) is 10.1 Å². The summed E-state index contributed by atoms with van der Waals surface area (Å²) in [5, 5.41) is 28.1. The van der Waals surface area contributed by atoms with Crippen LogP contribution in [0.3, 0.4) is 0 Å². The van der Waals surface area contributed by atoms with Crippen molar-refractivity contribution in [3.05, 3.63) is 33.9 Å². The van der Waals surface area contributed by atoms with E-state index in [-0.39, 0.29) is 17.0 Å². The molecule has 17 heavy (non-hydrogen) atoms. The number of ether oxygens (including phenoxy) is 1. The van der Waals surface area contributed by atoms with E-state index in [0.717, 1.165) is 6.07 Å². The van der Waals surface area contributed by atoms with Crippen LogP contribution >= 0.6 is 0 Å². The third kappa shape index (κ3) is 2.93. The highest BCUT2D eigenvalue weighted by Crippen LogP contribution is 2.28. The summed E-state index contributed by atoms with van der Waals surface area (Å²) >= 11 is 0. The molecule has 1 aromatic carbocycles. The number of nitro groups is 1. The molecule has 0 aliphatic heterocycles. The first kappa shape index (κ1) is 12.5. The molecule has 0 heterocycles. The van der Waals surface area contributed by atoms with Crippen LogP contribution in [0.1, 0.15) is 18.9 Å². The topological polar surface area (TPSA) is 99.9 Å². The van der Waals surface area contributed by atoms with Gasteiger partial charge in [0.1, 0.15) is 6.07 Å². The molecule has 0 aromatic heterocycles. The first-order valence-electron chi connectivity index (χ1n) is 4.87. The van der Waals surface area contributed by atoms with Crippen LogP contribution in [0, 0.1) is 32.8 Å². The lowest BCUT2D eigenvalue weighted by Gasteiger charge is -2.10. The van der Waals surface area contributed by atoms with Crippen LogP contribution < -0.4 is 4.74 Å². The zero-order valence-electron chi connectivity index (χ0n) is 9.08. The van der Waals surface area contributed by atoms with E-state index in [1.807, 2.05) is 6.07 Å². The van der Waals surface area contributed by atoms with Crippen LogP contribution in [0.5, 0.6) is 5.75 Å². The lowest BCUT2D eigenvalue weighted by molar-refractivity contribution is -0.386. The van der Waals surface area contributed by atoms with Gasteiger partial charge in [0.25, 0.3) is 0 Å². The van der Waals surface area contributed by atoms with Gasteiger partial charge in [-0.1, -0.05) is 6.92 Å². The summed E-state index contributed by atoms with van der Waals surface area (Å²) in [4.78, 5) is 10.1. The van der Waals surface area contributed by atoms with Crippen LogP contribution in [-0.4, -0.2) is 11.0 Å². The minimum absolute atomic E-state index is 0.00222. The zero-order valence-corrected chi connectivity index (χ0v) is 9.08. The average molecular weight is 231 g/mol. The Morgan fingerprint density at radius 1 is 1.53 bits per heavy atom. The highest BCUT2D eigenvalue weighted by molar-refractivity contribution is 5.51. The molecule has 0 aliphatic rings. The molecule has 0 saturated heterocycles. The second-order valence-electron chi connectivity index (χ2n) is 3.20. The molecule has 1 aromatic rings. The maximum atomic E-state index is 10.8. The lowest BCUT2D eigenvalue weighted by Crippen LogP contribution is -2.13. The molecule has 6 heteroatoms. The second kappa shape index (κ2) is 5.47. The predicted molar refractivity (Wildman–Crippen MR) is 58.1 cm³/mol. The van der Waals surface area contributed by atoms with E-state index < -0.39 is 11.0 Å². The van der Waals surface area contributed by atoms with E-state index in [1.54, 1.807) is 13.0 Å². The fourth-order valence-corrected chi connectivity index (χ4v) is 1.18. The van der Waals surface area contributed by atoms with Crippen LogP contribution in [0.25, 0.3) is 0 Å². The monoisotopic (exact) mass is 231 g/mol. The van der Waals surface area contributed by atoms with Crippen molar-refractivity contribution in [3.8, 4) is 17.9 Å². The van der Waals surface area contributed by atoms with E-state index in [0.29, 0.717) is 6.42 Å². The minimum Gasteiger partial charge on any atom is -0.468 e. The van der Waals surface area contributed by atoms with Crippen molar-refractivity contribution in [1.29, 1.82) is 10.5 Å². The van der Waals surface area contributed by atoms with Crippen molar-refractivity contribution in [2.75, 3.05) is 0 Å². The van der Waals surface area contributed by atoms with Crippen LogP contribution in [0.4, 0.5) is 5.69 Å². The lowest BCUT2D eigenvalue weighted by atomic mass is 10.2. The van der Waals surface area contributed by atoms with Gasteiger partial charge in [-0.05, 0) is 18.6 Å². The molecule has 1 unspecified atom stereocenters. The summed E-state index contributed by atoms with van der Waals surface area (Å²) in [6.45, 7) is 1.74. The summed E-state index contributed by atoms with van der Waals surface area (Å²) < 4.78 is 5.19. The molecular formula is C11H9N3O3. The standard InChI is InChI=1S/C11H9N3O3/c1-2-9(7-13)17-11-4-3-8(6-12)5-10(11)14(15)16/h3-5,9H,2H2,1H3. The summed E-state index contributed by atoms with van der Waals surface area (Å²) in [5.74, 6) is 0.00222. The Labute approximate surface area is 97.8 Å². The number of hydrogen-bond donors (Lipinski definition) is 0. The maximum Gasteiger partial charge on any atom is 0.312 e. The van der Waals surface area contributed by atoms with Gasteiger partial charge in [-0.2, -0.15) is 10.5 Å². The molecule has 1 rings (SSSR count). The fourth-order valence-electron chi connectivity index (χ4n) is 1.18. The molecule has 0 N–H and O–H groups in total. The third-order valence-electron chi connectivity index (χ3n) is 2.07. The van der Waals surface area contributed by atoms with Crippen molar-refractivity contribution in [1.82, 2.24) is 0 Å². The highest BCUT2D eigenvalue weighted by atomic mass is 16.6. The number of benzene rings is 1. The molecule has 6 nitrogen and oxygen atoms in total. The van der Waals surface area contributed by atoms with Crippen molar-refractivity contribution in [2.45, 2.75) is 19.4 Å². The Morgan fingerprint density at radius 3 is 2.71 bits per heavy atom. The van der Waals surface area contributed by atoms with E-state index in [2.05, 4.69) is 0 Å². The summed E-state index contributed by atoms with van der Waals surface area (Å²) in [6.07, 6.45) is -0.310. The largest absolute Gasteiger partial charge is 0.468 e. The Bertz CT molecular complexity index is 514. The third-order valence-corrected chi connectivity index (χ3v) is 2.07. The maximum absolute atomic E-state index is 10.8. The van der Waals surface area contributed by atoms with E-state index >= 15 is 0 Å². The summed E-state index contributed by atoms with van der Waals surface area (Å²) in [7, 11) is 0. The Kier molecular flexibility index (Phi) is 4.02. The van der Waals surface area contributed by atoms with Gasteiger partial charge < -0.3 is 4.74 Å². The Morgan fingerprint density at radius 2 is 2.24 bits per heavy atom. The van der Waals surface area contributed by atoms with E-state index in [4.69, 9.17) is 15.3 Å². The van der Waals surface area contributed by atoms with Gasteiger partial charge in [-0.3, -0.25) is 10.1 Å². The first-order chi connectivity index (χ1) is 8.12. The van der Waals surface area contributed by atoms with Crippen LogP contribution in [-0.2, 0) is 0 Å². The van der Waals surface area contributed by atoms with Crippen molar-refractivity contribution >= 4 is 5.69 Å². The number of rotatable bonds is 4.